The number of nitrogens with zero attached hydrogens (tertiary/aromatic N) is 1. The van der Waals surface area contributed by atoms with Crippen molar-refractivity contribution in [2.24, 2.45) is 5.92 Å². The van der Waals surface area contributed by atoms with Gasteiger partial charge in [0.1, 0.15) is 4.88 Å². The van der Waals surface area contributed by atoms with Gasteiger partial charge in [0.05, 0.1) is 11.2 Å². The largest absolute Gasteiger partial charge is 0.397 e. The normalized spacial score (nSPS) is 20.8. The van der Waals surface area contributed by atoms with Gasteiger partial charge in [0.15, 0.2) is 0 Å². The minimum absolute atomic E-state index is 0.0628. The van der Waals surface area contributed by atoms with E-state index in [9.17, 15) is 4.79 Å². The summed E-state index contributed by atoms with van der Waals surface area (Å²) in [5.74, 6) is 0.513. The Labute approximate surface area is 126 Å². The Morgan fingerprint density at radius 3 is 2.90 bits per heavy atom. The second kappa shape index (κ2) is 4.43. The number of rotatable bonds is 2. The van der Waals surface area contributed by atoms with Gasteiger partial charge in [-0.1, -0.05) is 25.1 Å². The molecule has 5 heteroatoms. The van der Waals surface area contributed by atoms with Gasteiger partial charge in [0.2, 0.25) is 0 Å². The van der Waals surface area contributed by atoms with Crippen LogP contribution in [-0.2, 0) is 0 Å². The number of hydrogen-bond donors (Lipinski definition) is 2. The van der Waals surface area contributed by atoms with Gasteiger partial charge >= 0.3 is 0 Å². The molecule has 0 spiro atoms. The minimum atomic E-state index is -0.0628. The van der Waals surface area contributed by atoms with Crippen LogP contribution in [0.4, 0.5) is 5.69 Å². The van der Waals surface area contributed by atoms with E-state index in [4.69, 9.17) is 5.73 Å². The number of amides is 1. The van der Waals surface area contributed by atoms with Crippen molar-refractivity contribution >= 4 is 43.9 Å². The molecule has 1 aliphatic rings. The van der Waals surface area contributed by atoms with E-state index in [1.807, 2.05) is 24.3 Å². The maximum atomic E-state index is 12.4. The first-order valence-electron chi connectivity index (χ1n) is 7.01. The molecule has 4 nitrogen and oxygen atoms in total. The SMILES string of the molecule is CC1CC1NC(=O)c1sc2c(cnc3ccccc32)c1N. The summed E-state index contributed by atoms with van der Waals surface area (Å²) in [7, 11) is 0. The fourth-order valence-corrected chi connectivity index (χ4v) is 3.75. The zero-order valence-electron chi connectivity index (χ0n) is 11.6. The number of nitrogens with two attached hydrogens (primary N) is 1. The number of carbonyl (C=O) groups excluding carboxylic acids is 1. The van der Waals surface area contributed by atoms with Crippen molar-refractivity contribution in [3.63, 3.8) is 0 Å². The van der Waals surface area contributed by atoms with Crippen molar-refractivity contribution in [1.82, 2.24) is 10.3 Å². The van der Waals surface area contributed by atoms with Gasteiger partial charge in [-0.3, -0.25) is 9.78 Å². The number of benzene rings is 1. The Bertz CT molecular complexity index is 870. The van der Waals surface area contributed by atoms with Crippen LogP contribution in [0.1, 0.15) is 23.0 Å². The van der Waals surface area contributed by atoms with Gasteiger partial charge < -0.3 is 11.1 Å². The second-order valence-corrected chi connectivity index (χ2v) is 6.68. The first-order valence-corrected chi connectivity index (χ1v) is 7.83. The maximum absolute atomic E-state index is 12.4. The average molecular weight is 297 g/mol. The summed E-state index contributed by atoms with van der Waals surface area (Å²) < 4.78 is 1.03. The Balaban J connectivity index is 1.84. The number of hydrogen-bond acceptors (Lipinski definition) is 4. The molecule has 2 unspecified atom stereocenters. The number of pyridine rings is 1. The van der Waals surface area contributed by atoms with E-state index in [1.165, 1.54) is 11.3 Å². The van der Waals surface area contributed by atoms with Crippen LogP contribution in [-0.4, -0.2) is 16.9 Å². The molecule has 2 atom stereocenters. The fourth-order valence-electron chi connectivity index (χ4n) is 2.62. The van der Waals surface area contributed by atoms with Crippen LogP contribution in [0.15, 0.2) is 30.5 Å². The molecule has 1 saturated carbocycles. The molecule has 106 valence electrons. The van der Waals surface area contributed by atoms with E-state index in [2.05, 4.69) is 17.2 Å². The summed E-state index contributed by atoms with van der Waals surface area (Å²) >= 11 is 1.46. The molecule has 3 N–H and O–H groups in total. The average Bonchev–Trinajstić information content (AvgIpc) is 3.06. The first kappa shape index (κ1) is 12.6. The van der Waals surface area contributed by atoms with E-state index in [0.717, 1.165) is 27.4 Å². The molecule has 0 radical (unpaired) electrons. The number of nitrogens with one attached hydrogen (secondary N) is 1. The number of para-hydroxylation sites is 1. The highest BCUT2D eigenvalue weighted by Gasteiger charge is 2.34. The number of aromatic nitrogens is 1. The highest BCUT2D eigenvalue weighted by molar-refractivity contribution is 7.22. The highest BCUT2D eigenvalue weighted by atomic mass is 32.1. The number of carbonyl (C=O) groups is 1. The van der Waals surface area contributed by atoms with Gasteiger partial charge in [-0.05, 0) is 18.4 Å². The van der Waals surface area contributed by atoms with Crippen molar-refractivity contribution in [1.29, 1.82) is 0 Å². The topological polar surface area (TPSA) is 68.0 Å². The number of nitrogen functional groups attached to an aromatic ring is 1. The lowest BCUT2D eigenvalue weighted by atomic mass is 10.1. The monoisotopic (exact) mass is 297 g/mol. The van der Waals surface area contributed by atoms with Crippen molar-refractivity contribution in [2.75, 3.05) is 5.73 Å². The van der Waals surface area contributed by atoms with Crippen LogP contribution < -0.4 is 11.1 Å². The number of thiophene rings is 1. The summed E-state index contributed by atoms with van der Waals surface area (Å²) in [4.78, 5) is 17.4. The van der Waals surface area contributed by atoms with Gasteiger partial charge in [0.25, 0.3) is 5.91 Å². The van der Waals surface area contributed by atoms with Crippen LogP contribution in [0.5, 0.6) is 0 Å². The summed E-state index contributed by atoms with van der Waals surface area (Å²) in [5.41, 5.74) is 7.64. The van der Waals surface area contributed by atoms with E-state index < -0.39 is 0 Å². The van der Waals surface area contributed by atoms with Crippen molar-refractivity contribution in [3.05, 3.63) is 35.3 Å². The molecule has 2 heterocycles. The molecular formula is C16H15N3OS. The van der Waals surface area contributed by atoms with E-state index in [1.54, 1.807) is 6.20 Å². The fraction of sp³-hybridized carbons (Fsp3) is 0.250. The van der Waals surface area contributed by atoms with Crippen LogP contribution in [0.2, 0.25) is 0 Å². The molecule has 2 aromatic heterocycles. The zero-order chi connectivity index (χ0) is 14.6. The van der Waals surface area contributed by atoms with Crippen LogP contribution in [0.3, 0.4) is 0 Å². The van der Waals surface area contributed by atoms with E-state index in [-0.39, 0.29) is 5.91 Å². The smallest absolute Gasteiger partial charge is 0.263 e. The van der Waals surface area contributed by atoms with Crippen LogP contribution in [0, 0.1) is 5.92 Å². The van der Waals surface area contributed by atoms with Gasteiger partial charge in [-0.2, -0.15) is 0 Å². The molecule has 4 rings (SSSR count). The van der Waals surface area contributed by atoms with Crippen molar-refractivity contribution in [3.8, 4) is 0 Å². The predicted molar refractivity (Wildman–Crippen MR) is 86.6 cm³/mol. The van der Waals surface area contributed by atoms with Crippen LogP contribution >= 0.6 is 11.3 Å². The first-order chi connectivity index (χ1) is 10.1. The van der Waals surface area contributed by atoms with Gasteiger partial charge in [-0.15, -0.1) is 11.3 Å². The Kier molecular flexibility index (Phi) is 2.65. The minimum Gasteiger partial charge on any atom is -0.397 e. The molecule has 0 bridgehead atoms. The summed E-state index contributed by atoms with van der Waals surface area (Å²) in [6.07, 6.45) is 2.82. The lowest BCUT2D eigenvalue weighted by molar-refractivity contribution is 0.0954. The summed E-state index contributed by atoms with van der Waals surface area (Å²) in [6, 6.07) is 8.23. The molecule has 1 aromatic carbocycles. The number of fused-ring (bicyclic) bond motifs is 3. The molecular weight excluding hydrogens is 282 g/mol. The quantitative estimate of drug-likeness (QED) is 0.763. The molecule has 1 amide bonds. The van der Waals surface area contributed by atoms with Gasteiger partial charge in [-0.25, -0.2) is 0 Å². The Hall–Kier alpha value is -2.14. The van der Waals surface area contributed by atoms with E-state index >= 15 is 0 Å². The lowest BCUT2D eigenvalue weighted by Crippen LogP contribution is -2.26. The molecule has 1 fully saturated rings. The predicted octanol–water partition coefficient (Wildman–Crippen LogP) is 3.17. The second-order valence-electron chi connectivity index (χ2n) is 5.66. The summed E-state index contributed by atoms with van der Waals surface area (Å²) in [5, 5.41) is 4.96. The molecule has 0 saturated heterocycles. The molecule has 3 aromatic rings. The standard InChI is InChI=1S/C16H15N3OS/c1-8-6-12(8)19-16(20)15-13(17)10-7-18-11-5-3-2-4-9(11)14(10)21-15/h2-5,7-8,12H,6,17H2,1H3,(H,19,20). The molecule has 21 heavy (non-hydrogen) atoms. The Morgan fingerprint density at radius 1 is 1.38 bits per heavy atom. The third-order valence-electron chi connectivity index (χ3n) is 4.10. The highest BCUT2D eigenvalue weighted by Crippen LogP contribution is 2.38. The zero-order valence-corrected chi connectivity index (χ0v) is 12.4. The molecule has 1 aliphatic carbocycles. The number of anilines is 1. The third kappa shape index (κ3) is 1.96. The summed E-state index contributed by atoms with van der Waals surface area (Å²) in [6.45, 7) is 2.14. The molecule has 0 aliphatic heterocycles. The maximum Gasteiger partial charge on any atom is 0.263 e. The van der Waals surface area contributed by atoms with Gasteiger partial charge in [0, 0.05) is 27.7 Å². The van der Waals surface area contributed by atoms with Crippen molar-refractivity contribution in [2.45, 2.75) is 19.4 Å². The van der Waals surface area contributed by atoms with Crippen molar-refractivity contribution < 1.29 is 4.79 Å². The third-order valence-corrected chi connectivity index (χ3v) is 5.35. The van der Waals surface area contributed by atoms with Crippen LogP contribution in [0.25, 0.3) is 21.0 Å². The lowest BCUT2D eigenvalue weighted by Gasteiger charge is -2.01. The van der Waals surface area contributed by atoms with E-state index in [0.29, 0.717) is 22.5 Å². The Morgan fingerprint density at radius 2 is 2.14 bits per heavy atom.